The number of likely N-dealkylation sites (N-methyl/N-ethyl adjacent to an activating group) is 1. The summed E-state index contributed by atoms with van der Waals surface area (Å²) in [7, 11) is 1.72. The summed E-state index contributed by atoms with van der Waals surface area (Å²) in [5, 5.41) is 0.566. The highest BCUT2D eigenvalue weighted by molar-refractivity contribution is 5.85. The maximum Gasteiger partial charge on any atom is 0.261 e. The molecule has 0 radical (unpaired) electrons. The van der Waals surface area contributed by atoms with Gasteiger partial charge in [-0.25, -0.2) is 4.98 Å². The number of halogens is 1. The average Bonchev–Trinajstić information content (AvgIpc) is 2.52. The molecule has 1 unspecified atom stereocenters. The topological polar surface area (TPSA) is 81.2 Å². The smallest absolute Gasteiger partial charge is 0.261 e. The molecule has 0 saturated heterocycles. The third-order valence-corrected chi connectivity index (χ3v) is 3.69. The van der Waals surface area contributed by atoms with E-state index in [9.17, 15) is 9.59 Å². The molecule has 0 saturated carbocycles. The molecule has 6 nitrogen and oxygen atoms in total. The standard InChI is InChI=1S/C15H20N4O2.ClH/c1-11(9-16)18(2)14(20)7-8-19-10-17-13-6-4-3-5-12(13)15(19)21;/h3-6,10-11H,7-9,16H2,1-2H3;1H. The van der Waals surface area contributed by atoms with Gasteiger partial charge in [0.05, 0.1) is 17.2 Å². The Balaban J connectivity index is 0.00000242. The maximum atomic E-state index is 12.3. The van der Waals surface area contributed by atoms with E-state index in [1.165, 1.54) is 10.9 Å². The van der Waals surface area contributed by atoms with Gasteiger partial charge in [0.2, 0.25) is 5.91 Å². The molecule has 1 heterocycles. The van der Waals surface area contributed by atoms with Gasteiger partial charge >= 0.3 is 0 Å². The summed E-state index contributed by atoms with van der Waals surface area (Å²) in [4.78, 5) is 30.1. The third-order valence-electron chi connectivity index (χ3n) is 3.69. The predicted molar refractivity (Wildman–Crippen MR) is 89.2 cm³/mol. The first kappa shape index (κ1) is 18.1. The van der Waals surface area contributed by atoms with Crippen molar-refractivity contribution in [2.24, 2.45) is 5.73 Å². The van der Waals surface area contributed by atoms with Gasteiger partial charge < -0.3 is 10.6 Å². The second-order valence-electron chi connectivity index (χ2n) is 5.10. The van der Waals surface area contributed by atoms with Gasteiger partial charge in [-0.05, 0) is 19.1 Å². The fourth-order valence-electron chi connectivity index (χ4n) is 2.06. The van der Waals surface area contributed by atoms with E-state index in [1.807, 2.05) is 13.0 Å². The number of nitrogens with two attached hydrogens (primary N) is 1. The molecule has 1 aromatic carbocycles. The molecule has 7 heteroatoms. The van der Waals surface area contributed by atoms with Crippen molar-refractivity contribution in [3.63, 3.8) is 0 Å². The number of benzene rings is 1. The van der Waals surface area contributed by atoms with E-state index >= 15 is 0 Å². The molecule has 0 fully saturated rings. The number of aryl methyl sites for hydroxylation is 1. The van der Waals surface area contributed by atoms with Crippen LogP contribution in [0.25, 0.3) is 10.9 Å². The van der Waals surface area contributed by atoms with Gasteiger partial charge in [-0.3, -0.25) is 14.2 Å². The molecule has 22 heavy (non-hydrogen) atoms. The first-order valence-electron chi connectivity index (χ1n) is 6.94. The van der Waals surface area contributed by atoms with E-state index in [1.54, 1.807) is 30.1 Å². The molecule has 0 spiro atoms. The number of amides is 1. The van der Waals surface area contributed by atoms with E-state index in [0.29, 0.717) is 24.0 Å². The summed E-state index contributed by atoms with van der Waals surface area (Å²) in [6.07, 6.45) is 1.74. The average molecular weight is 325 g/mol. The Morgan fingerprint density at radius 1 is 1.41 bits per heavy atom. The SMILES string of the molecule is CC(CN)N(C)C(=O)CCn1cnc2ccccc2c1=O.Cl. The number of aromatic nitrogens is 2. The van der Waals surface area contributed by atoms with Crippen LogP contribution in [-0.2, 0) is 11.3 Å². The summed E-state index contributed by atoms with van der Waals surface area (Å²) < 4.78 is 1.47. The Bertz CT molecular complexity index is 701. The molecule has 0 aliphatic rings. The van der Waals surface area contributed by atoms with Crippen molar-refractivity contribution in [1.82, 2.24) is 14.5 Å². The molecule has 2 N–H and O–H groups in total. The Morgan fingerprint density at radius 3 is 2.77 bits per heavy atom. The molecule has 0 bridgehead atoms. The number of hydrogen-bond donors (Lipinski definition) is 1. The van der Waals surface area contributed by atoms with Crippen LogP contribution in [0, 0.1) is 0 Å². The lowest BCUT2D eigenvalue weighted by molar-refractivity contribution is -0.131. The normalized spacial score (nSPS) is 11.8. The summed E-state index contributed by atoms with van der Waals surface area (Å²) in [5.41, 5.74) is 6.09. The molecule has 1 amide bonds. The lowest BCUT2D eigenvalue weighted by atomic mass is 10.2. The Morgan fingerprint density at radius 2 is 2.09 bits per heavy atom. The third kappa shape index (κ3) is 3.84. The van der Waals surface area contributed by atoms with Crippen LogP contribution in [0.2, 0.25) is 0 Å². The van der Waals surface area contributed by atoms with Crippen LogP contribution in [0.5, 0.6) is 0 Å². The van der Waals surface area contributed by atoms with E-state index in [-0.39, 0.29) is 36.3 Å². The molecular weight excluding hydrogens is 304 g/mol. The minimum absolute atomic E-state index is 0. The number of para-hydroxylation sites is 1. The molecular formula is C15H21ClN4O2. The van der Waals surface area contributed by atoms with E-state index in [0.717, 1.165) is 0 Å². The van der Waals surface area contributed by atoms with Crippen molar-refractivity contribution in [2.45, 2.75) is 25.9 Å². The van der Waals surface area contributed by atoms with Crippen LogP contribution >= 0.6 is 12.4 Å². The Kier molecular flexibility index (Phi) is 6.52. The number of carbonyl (C=O) groups excluding carboxylic acids is 1. The van der Waals surface area contributed by atoms with E-state index in [4.69, 9.17) is 5.73 Å². The van der Waals surface area contributed by atoms with Crippen LogP contribution in [0.3, 0.4) is 0 Å². The molecule has 120 valence electrons. The second kappa shape index (κ2) is 7.91. The number of rotatable bonds is 5. The van der Waals surface area contributed by atoms with Crippen LogP contribution < -0.4 is 11.3 Å². The zero-order chi connectivity index (χ0) is 15.4. The van der Waals surface area contributed by atoms with Crippen LogP contribution in [-0.4, -0.2) is 40.0 Å². The number of carbonyl (C=O) groups is 1. The lowest BCUT2D eigenvalue weighted by Gasteiger charge is -2.23. The van der Waals surface area contributed by atoms with Gasteiger partial charge in [0, 0.05) is 32.6 Å². The Labute approximate surface area is 135 Å². The van der Waals surface area contributed by atoms with Crippen LogP contribution in [0.15, 0.2) is 35.4 Å². The van der Waals surface area contributed by atoms with Gasteiger partial charge in [-0.2, -0.15) is 0 Å². The largest absolute Gasteiger partial charge is 0.342 e. The fraction of sp³-hybridized carbons (Fsp3) is 0.400. The minimum atomic E-state index is -0.122. The fourth-order valence-corrected chi connectivity index (χ4v) is 2.06. The monoisotopic (exact) mass is 324 g/mol. The molecule has 2 rings (SSSR count). The van der Waals surface area contributed by atoms with Crippen LogP contribution in [0.1, 0.15) is 13.3 Å². The summed E-state index contributed by atoms with van der Waals surface area (Å²) >= 11 is 0. The van der Waals surface area contributed by atoms with Crippen molar-refractivity contribution < 1.29 is 4.79 Å². The van der Waals surface area contributed by atoms with Gasteiger partial charge in [0.15, 0.2) is 0 Å². The molecule has 2 aromatic rings. The molecule has 0 aliphatic heterocycles. The highest BCUT2D eigenvalue weighted by atomic mass is 35.5. The molecule has 1 aromatic heterocycles. The zero-order valence-electron chi connectivity index (χ0n) is 12.7. The minimum Gasteiger partial charge on any atom is -0.342 e. The van der Waals surface area contributed by atoms with Gasteiger partial charge in [-0.1, -0.05) is 12.1 Å². The second-order valence-corrected chi connectivity index (χ2v) is 5.10. The molecule has 0 aliphatic carbocycles. The highest BCUT2D eigenvalue weighted by Gasteiger charge is 2.14. The van der Waals surface area contributed by atoms with Gasteiger partial charge in [0.25, 0.3) is 5.56 Å². The first-order chi connectivity index (χ1) is 10.0. The van der Waals surface area contributed by atoms with Crippen molar-refractivity contribution in [3.05, 3.63) is 40.9 Å². The summed E-state index contributed by atoms with van der Waals surface area (Å²) in [5.74, 6) is -0.0343. The van der Waals surface area contributed by atoms with Crippen molar-refractivity contribution in [1.29, 1.82) is 0 Å². The van der Waals surface area contributed by atoms with Gasteiger partial charge in [0.1, 0.15) is 0 Å². The first-order valence-corrected chi connectivity index (χ1v) is 6.94. The van der Waals surface area contributed by atoms with Crippen molar-refractivity contribution in [2.75, 3.05) is 13.6 Å². The summed E-state index contributed by atoms with van der Waals surface area (Å²) in [6.45, 7) is 2.62. The van der Waals surface area contributed by atoms with E-state index in [2.05, 4.69) is 4.98 Å². The molecule has 1 atom stereocenters. The van der Waals surface area contributed by atoms with Crippen molar-refractivity contribution in [3.8, 4) is 0 Å². The Hall–Kier alpha value is -1.92. The summed E-state index contributed by atoms with van der Waals surface area (Å²) in [6, 6.07) is 7.17. The number of nitrogens with zero attached hydrogens (tertiary/aromatic N) is 3. The predicted octanol–water partition coefficient (Wildman–Crippen LogP) is 1.01. The highest BCUT2D eigenvalue weighted by Crippen LogP contribution is 2.05. The van der Waals surface area contributed by atoms with Crippen LogP contribution in [0.4, 0.5) is 0 Å². The maximum absolute atomic E-state index is 12.3. The lowest BCUT2D eigenvalue weighted by Crippen LogP contribution is -2.40. The van der Waals surface area contributed by atoms with Crippen molar-refractivity contribution >= 4 is 29.2 Å². The van der Waals surface area contributed by atoms with Gasteiger partial charge in [-0.15, -0.1) is 12.4 Å². The number of hydrogen-bond acceptors (Lipinski definition) is 4. The quantitative estimate of drug-likeness (QED) is 0.890. The van der Waals surface area contributed by atoms with E-state index < -0.39 is 0 Å². The number of fused-ring (bicyclic) bond motifs is 1. The zero-order valence-corrected chi connectivity index (χ0v) is 13.5.